The van der Waals surface area contributed by atoms with Crippen molar-refractivity contribution in [2.75, 3.05) is 13.2 Å². The minimum atomic E-state index is -1.11. The van der Waals surface area contributed by atoms with E-state index in [1.807, 2.05) is 13.8 Å². The Morgan fingerprint density at radius 2 is 2.00 bits per heavy atom. The summed E-state index contributed by atoms with van der Waals surface area (Å²) in [4.78, 5) is 4.15. The Kier molecular flexibility index (Phi) is 4.35. The van der Waals surface area contributed by atoms with E-state index in [-0.39, 0.29) is 25.5 Å². The van der Waals surface area contributed by atoms with Gasteiger partial charge in [-0.25, -0.2) is 8.96 Å². The highest BCUT2D eigenvalue weighted by Gasteiger charge is 2.43. The van der Waals surface area contributed by atoms with Crippen molar-refractivity contribution in [1.29, 1.82) is 0 Å². The van der Waals surface area contributed by atoms with Crippen LogP contribution >= 0.6 is 12.3 Å². The minimum absolute atomic E-state index is 0.0576. The number of aromatic nitrogens is 2. The van der Waals surface area contributed by atoms with E-state index in [0.717, 1.165) is 5.69 Å². The predicted octanol–water partition coefficient (Wildman–Crippen LogP) is 2.12. The van der Waals surface area contributed by atoms with Gasteiger partial charge in [-0.3, -0.25) is 0 Å². The maximum absolute atomic E-state index is 12.6. The molecule has 92 valence electrons. The number of aliphatic hydroxyl groups is 1. The molecule has 2 rings (SSSR count). The standard InChI is InChI=1S/C8H11FN2O2S.C2H6/c1-5-6(2)11(14-9)7(10-5)8(12)3-13-4-8;1-2/h12H,3-4H2,1-2H3;1-2H3. The average molecular weight is 248 g/mol. The van der Waals surface area contributed by atoms with Gasteiger partial charge in [0.05, 0.1) is 24.6 Å². The average Bonchev–Trinajstić information content (AvgIpc) is 2.55. The van der Waals surface area contributed by atoms with Gasteiger partial charge in [-0.2, -0.15) is 0 Å². The van der Waals surface area contributed by atoms with Crippen molar-refractivity contribution < 1.29 is 13.7 Å². The quantitative estimate of drug-likeness (QED) is 0.871. The molecule has 0 amide bonds. The molecule has 1 aromatic rings. The summed E-state index contributed by atoms with van der Waals surface area (Å²) in [5, 5.41) is 9.94. The third-order valence-electron chi connectivity index (χ3n) is 2.46. The number of imidazole rings is 1. The van der Waals surface area contributed by atoms with Gasteiger partial charge in [0.25, 0.3) is 0 Å². The molecular weight excluding hydrogens is 231 g/mol. The van der Waals surface area contributed by atoms with Crippen molar-refractivity contribution in [3.63, 3.8) is 0 Å². The molecule has 1 aliphatic heterocycles. The Balaban J connectivity index is 0.000000606. The van der Waals surface area contributed by atoms with Crippen LogP contribution in [0.2, 0.25) is 0 Å². The van der Waals surface area contributed by atoms with Gasteiger partial charge in [-0.15, -0.1) is 3.89 Å². The summed E-state index contributed by atoms with van der Waals surface area (Å²) in [5.41, 5.74) is 0.330. The lowest BCUT2D eigenvalue weighted by Gasteiger charge is -2.35. The zero-order chi connectivity index (χ0) is 12.3. The van der Waals surface area contributed by atoms with Crippen molar-refractivity contribution in [2.45, 2.75) is 33.3 Å². The maximum Gasteiger partial charge on any atom is 0.171 e. The summed E-state index contributed by atoms with van der Waals surface area (Å²) in [5.74, 6) is 0.339. The second-order valence-corrected chi connectivity index (χ2v) is 4.00. The lowest BCUT2D eigenvalue weighted by Crippen LogP contribution is -2.48. The molecule has 1 fully saturated rings. The van der Waals surface area contributed by atoms with E-state index in [9.17, 15) is 8.99 Å². The smallest absolute Gasteiger partial charge is 0.171 e. The Hall–Kier alpha value is -0.590. The van der Waals surface area contributed by atoms with E-state index in [2.05, 4.69) is 4.98 Å². The largest absolute Gasteiger partial charge is 0.377 e. The number of rotatable bonds is 2. The highest BCUT2D eigenvalue weighted by molar-refractivity contribution is 7.92. The van der Waals surface area contributed by atoms with Gasteiger partial charge in [-0.1, -0.05) is 13.8 Å². The van der Waals surface area contributed by atoms with E-state index in [1.54, 1.807) is 13.8 Å². The first-order chi connectivity index (χ1) is 7.58. The summed E-state index contributed by atoms with van der Waals surface area (Å²) >= 11 is 0.0576. The molecule has 1 N–H and O–H groups in total. The van der Waals surface area contributed by atoms with Crippen molar-refractivity contribution in [3.8, 4) is 0 Å². The van der Waals surface area contributed by atoms with E-state index < -0.39 is 5.60 Å². The predicted molar refractivity (Wildman–Crippen MR) is 61.9 cm³/mol. The van der Waals surface area contributed by atoms with Gasteiger partial charge in [0, 0.05) is 0 Å². The number of aryl methyl sites for hydroxylation is 1. The molecule has 1 aromatic heterocycles. The van der Waals surface area contributed by atoms with Crippen molar-refractivity contribution in [3.05, 3.63) is 17.2 Å². The fourth-order valence-electron chi connectivity index (χ4n) is 1.39. The third kappa shape index (κ3) is 2.09. The van der Waals surface area contributed by atoms with Crippen LogP contribution in [-0.4, -0.2) is 27.3 Å². The molecule has 1 aliphatic rings. The van der Waals surface area contributed by atoms with Gasteiger partial charge in [0.2, 0.25) is 0 Å². The Morgan fingerprint density at radius 1 is 1.44 bits per heavy atom. The molecule has 0 atom stereocenters. The van der Waals surface area contributed by atoms with Crippen LogP contribution < -0.4 is 0 Å². The molecule has 0 bridgehead atoms. The molecule has 0 unspecified atom stereocenters. The molecule has 6 heteroatoms. The molecule has 4 nitrogen and oxygen atoms in total. The fraction of sp³-hybridized carbons (Fsp3) is 0.700. The third-order valence-corrected chi connectivity index (χ3v) is 3.05. The summed E-state index contributed by atoms with van der Waals surface area (Å²) < 4.78 is 18.8. The second-order valence-electron chi connectivity index (χ2n) is 3.49. The summed E-state index contributed by atoms with van der Waals surface area (Å²) in [6, 6.07) is 0. The number of ether oxygens (including phenoxy) is 1. The molecule has 1 saturated heterocycles. The molecule has 0 radical (unpaired) electrons. The summed E-state index contributed by atoms with van der Waals surface area (Å²) in [6.45, 7) is 7.92. The van der Waals surface area contributed by atoms with Crippen LogP contribution in [0.4, 0.5) is 3.89 Å². The van der Waals surface area contributed by atoms with Crippen LogP contribution in [0, 0.1) is 13.8 Å². The Labute approximate surface area is 99.3 Å². The lowest BCUT2D eigenvalue weighted by atomic mass is 10.0. The van der Waals surface area contributed by atoms with E-state index in [1.165, 1.54) is 3.97 Å². The van der Waals surface area contributed by atoms with Crippen LogP contribution in [-0.2, 0) is 10.3 Å². The molecular formula is C10H17FN2O2S. The zero-order valence-electron chi connectivity index (χ0n) is 9.95. The van der Waals surface area contributed by atoms with Crippen LogP contribution in [0.25, 0.3) is 0 Å². The van der Waals surface area contributed by atoms with Gasteiger partial charge in [0.1, 0.15) is 0 Å². The van der Waals surface area contributed by atoms with Crippen LogP contribution in [0.15, 0.2) is 0 Å². The summed E-state index contributed by atoms with van der Waals surface area (Å²) in [6.07, 6.45) is 0. The Morgan fingerprint density at radius 3 is 2.38 bits per heavy atom. The van der Waals surface area contributed by atoms with E-state index in [0.29, 0.717) is 11.5 Å². The molecule has 2 heterocycles. The summed E-state index contributed by atoms with van der Waals surface area (Å²) in [7, 11) is 0. The Bertz CT molecular complexity index is 364. The van der Waals surface area contributed by atoms with Crippen LogP contribution in [0.5, 0.6) is 0 Å². The monoisotopic (exact) mass is 248 g/mol. The number of hydrogen-bond donors (Lipinski definition) is 1. The first-order valence-electron chi connectivity index (χ1n) is 5.24. The van der Waals surface area contributed by atoms with Gasteiger partial charge in [-0.05, 0) is 13.8 Å². The van der Waals surface area contributed by atoms with E-state index >= 15 is 0 Å². The minimum Gasteiger partial charge on any atom is -0.377 e. The van der Waals surface area contributed by atoms with Crippen molar-refractivity contribution in [1.82, 2.24) is 8.96 Å². The number of nitrogens with zero attached hydrogens (tertiary/aromatic N) is 2. The highest BCUT2D eigenvalue weighted by atomic mass is 32.2. The van der Waals surface area contributed by atoms with Crippen molar-refractivity contribution in [2.24, 2.45) is 0 Å². The van der Waals surface area contributed by atoms with E-state index in [4.69, 9.17) is 4.74 Å². The molecule has 0 spiro atoms. The second kappa shape index (κ2) is 5.16. The normalized spacial score (nSPS) is 17.4. The molecule has 0 aromatic carbocycles. The number of halogens is 1. The first-order valence-corrected chi connectivity index (χ1v) is 5.91. The fourth-order valence-corrected chi connectivity index (χ4v) is 1.90. The maximum atomic E-state index is 12.6. The molecule has 16 heavy (non-hydrogen) atoms. The SMILES string of the molecule is CC.Cc1nc(C2(O)COC2)n(SF)c1C. The van der Waals surface area contributed by atoms with Crippen LogP contribution in [0.3, 0.4) is 0 Å². The van der Waals surface area contributed by atoms with Crippen LogP contribution in [0.1, 0.15) is 31.1 Å². The van der Waals surface area contributed by atoms with Crippen molar-refractivity contribution >= 4 is 12.3 Å². The highest BCUT2D eigenvalue weighted by Crippen LogP contribution is 2.32. The number of hydrogen-bond acceptors (Lipinski definition) is 4. The lowest BCUT2D eigenvalue weighted by molar-refractivity contribution is -0.189. The zero-order valence-corrected chi connectivity index (χ0v) is 10.8. The topological polar surface area (TPSA) is 47.3 Å². The molecule has 0 saturated carbocycles. The van der Waals surface area contributed by atoms with Gasteiger partial charge in [0.15, 0.2) is 23.8 Å². The molecule has 0 aliphatic carbocycles. The van der Waals surface area contributed by atoms with Gasteiger partial charge >= 0.3 is 0 Å². The van der Waals surface area contributed by atoms with Gasteiger partial charge < -0.3 is 9.84 Å². The first kappa shape index (κ1) is 13.5.